The van der Waals surface area contributed by atoms with Crippen LogP contribution in [-0.2, 0) is 22.7 Å². The van der Waals surface area contributed by atoms with Crippen LogP contribution in [0.3, 0.4) is 0 Å². The fraction of sp³-hybridized carbons (Fsp3) is 0.632. The molecule has 0 spiro atoms. The van der Waals surface area contributed by atoms with Crippen LogP contribution in [0.25, 0.3) is 0 Å². The number of fused-ring (bicyclic) bond motifs is 1. The van der Waals surface area contributed by atoms with Crippen molar-refractivity contribution in [2.45, 2.75) is 51.6 Å². The van der Waals surface area contributed by atoms with Crippen LogP contribution < -0.4 is 10.6 Å². The molecule has 0 bridgehead atoms. The first kappa shape index (κ1) is 21.5. The molecule has 2 aliphatic rings. The average molecular weight is 491 g/mol. The predicted octanol–water partition coefficient (Wildman–Crippen LogP) is 2.54. The lowest BCUT2D eigenvalue weighted by Gasteiger charge is -2.28. The molecule has 1 aromatic rings. The minimum atomic E-state index is -2.84. The molecule has 1 aromatic carbocycles. The minimum Gasteiger partial charge on any atom is -0.354 e. The van der Waals surface area contributed by atoms with Gasteiger partial charge in [0, 0.05) is 18.6 Å². The molecule has 2 atom stereocenters. The molecule has 26 heavy (non-hydrogen) atoms. The molecule has 0 radical (unpaired) electrons. The van der Waals surface area contributed by atoms with Gasteiger partial charge in [0.05, 0.1) is 11.5 Å². The molecule has 5 nitrogen and oxygen atoms in total. The van der Waals surface area contributed by atoms with E-state index in [-0.39, 0.29) is 41.7 Å². The molecule has 1 saturated heterocycles. The Labute approximate surface area is 174 Å². The second kappa shape index (κ2) is 9.39. The Morgan fingerprint density at radius 3 is 2.62 bits per heavy atom. The van der Waals surface area contributed by atoms with Crippen molar-refractivity contribution in [3.63, 3.8) is 0 Å². The van der Waals surface area contributed by atoms with Gasteiger partial charge in [-0.25, -0.2) is 8.42 Å². The summed E-state index contributed by atoms with van der Waals surface area (Å²) in [6, 6.07) is 9.28. The van der Waals surface area contributed by atoms with Gasteiger partial charge in [0.2, 0.25) is 0 Å². The van der Waals surface area contributed by atoms with Gasteiger partial charge < -0.3 is 10.6 Å². The number of nitrogens with one attached hydrogen (secondary N) is 2. The number of guanidine groups is 1. The average Bonchev–Trinajstić information content (AvgIpc) is 2.91. The summed E-state index contributed by atoms with van der Waals surface area (Å²) < 4.78 is 23.2. The molecular formula is C19H30IN3O2S. The maximum Gasteiger partial charge on any atom is 0.191 e. The molecule has 2 N–H and O–H groups in total. The molecule has 0 saturated carbocycles. The second-order valence-electron chi connectivity index (χ2n) is 7.61. The third kappa shape index (κ3) is 6.11. The van der Waals surface area contributed by atoms with E-state index in [9.17, 15) is 8.42 Å². The highest BCUT2D eigenvalue weighted by atomic mass is 127. The first-order chi connectivity index (χ1) is 11.9. The summed E-state index contributed by atoms with van der Waals surface area (Å²) in [5.41, 5.74) is 2.86. The van der Waals surface area contributed by atoms with E-state index in [1.807, 2.05) is 0 Å². The van der Waals surface area contributed by atoms with Crippen molar-refractivity contribution in [1.82, 2.24) is 10.6 Å². The molecule has 3 rings (SSSR count). The molecule has 1 aliphatic heterocycles. The topological polar surface area (TPSA) is 70.6 Å². The van der Waals surface area contributed by atoms with E-state index in [1.165, 1.54) is 11.1 Å². The maximum atomic E-state index is 11.6. The van der Waals surface area contributed by atoms with Crippen LogP contribution in [0.1, 0.15) is 37.8 Å². The van der Waals surface area contributed by atoms with Crippen LogP contribution in [0.5, 0.6) is 0 Å². The maximum absolute atomic E-state index is 11.6. The van der Waals surface area contributed by atoms with Crippen molar-refractivity contribution in [1.29, 1.82) is 0 Å². The monoisotopic (exact) mass is 491 g/mol. The van der Waals surface area contributed by atoms with Gasteiger partial charge in [-0.05, 0) is 56.6 Å². The Bertz CT molecular complexity index is 734. The Hall–Kier alpha value is -0.830. The number of halogens is 1. The molecule has 2 unspecified atom stereocenters. The summed E-state index contributed by atoms with van der Waals surface area (Å²) in [5, 5.41) is 6.95. The third-order valence-corrected chi connectivity index (χ3v) is 6.78. The Kier molecular flexibility index (Phi) is 7.76. The number of hydrogen-bond donors (Lipinski definition) is 2. The fourth-order valence-electron chi connectivity index (χ4n) is 3.66. The summed E-state index contributed by atoms with van der Waals surface area (Å²) >= 11 is 0. The lowest BCUT2D eigenvalue weighted by molar-refractivity contribution is 0.512. The molecule has 1 fully saturated rings. The zero-order valence-corrected chi connectivity index (χ0v) is 18.7. The van der Waals surface area contributed by atoms with Crippen molar-refractivity contribution in [3.8, 4) is 0 Å². The first-order valence-electron chi connectivity index (χ1n) is 9.26. The van der Waals surface area contributed by atoms with Gasteiger partial charge in [-0.15, -0.1) is 24.0 Å². The Morgan fingerprint density at radius 1 is 1.23 bits per heavy atom. The lowest BCUT2D eigenvalue weighted by Crippen LogP contribution is -2.48. The predicted molar refractivity (Wildman–Crippen MR) is 118 cm³/mol. The molecule has 0 aromatic heterocycles. The summed E-state index contributed by atoms with van der Waals surface area (Å²) in [6.07, 6.45) is 3.92. The summed E-state index contributed by atoms with van der Waals surface area (Å²) in [6.45, 7) is 4.76. The van der Waals surface area contributed by atoms with Crippen LogP contribution in [0.4, 0.5) is 0 Å². The smallest absolute Gasteiger partial charge is 0.191 e. The molecule has 1 aliphatic carbocycles. The second-order valence-corrected chi connectivity index (χ2v) is 9.84. The largest absolute Gasteiger partial charge is 0.354 e. The van der Waals surface area contributed by atoms with E-state index in [4.69, 9.17) is 4.99 Å². The van der Waals surface area contributed by atoms with Gasteiger partial charge in [0.15, 0.2) is 15.8 Å². The van der Waals surface area contributed by atoms with Crippen LogP contribution >= 0.6 is 24.0 Å². The normalized spacial score (nSPS) is 24.7. The van der Waals surface area contributed by atoms with Crippen LogP contribution in [0.2, 0.25) is 0 Å². The number of sulfone groups is 1. The van der Waals surface area contributed by atoms with Gasteiger partial charge in [0.1, 0.15) is 0 Å². The van der Waals surface area contributed by atoms with Crippen molar-refractivity contribution >= 4 is 39.8 Å². The van der Waals surface area contributed by atoms with Gasteiger partial charge >= 0.3 is 0 Å². The van der Waals surface area contributed by atoms with Crippen molar-refractivity contribution < 1.29 is 8.42 Å². The van der Waals surface area contributed by atoms with E-state index in [1.54, 1.807) is 0 Å². The molecule has 7 heteroatoms. The number of nitrogens with zero attached hydrogens (tertiary/aromatic N) is 1. The van der Waals surface area contributed by atoms with Crippen molar-refractivity contribution in [2.75, 3.05) is 18.1 Å². The highest BCUT2D eigenvalue weighted by Crippen LogP contribution is 2.21. The quantitative estimate of drug-likeness (QED) is 0.386. The number of aryl methyl sites for hydroxylation is 1. The fourth-order valence-corrected chi connectivity index (χ4v) is 5.51. The minimum absolute atomic E-state index is 0. The van der Waals surface area contributed by atoms with Gasteiger partial charge in [0.25, 0.3) is 0 Å². The zero-order chi connectivity index (χ0) is 17.9. The Morgan fingerprint density at radius 2 is 1.96 bits per heavy atom. The highest BCUT2D eigenvalue weighted by molar-refractivity contribution is 14.0. The van der Waals surface area contributed by atoms with E-state index >= 15 is 0 Å². The SMILES string of the molecule is CC(C)NC(=NCC1CCS(=O)(=O)C1)NC1CCc2ccccc2C1.I. The van der Waals surface area contributed by atoms with E-state index in [0.717, 1.165) is 31.6 Å². The lowest BCUT2D eigenvalue weighted by atomic mass is 9.88. The van der Waals surface area contributed by atoms with Gasteiger partial charge in [-0.2, -0.15) is 0 Å². The number of rotatable bonds is 4. The summed E-state index contributed by atoms with van der Waals surface area (Å²) in [4.78, 5) is 4.69. The molecule has 1 heterocycles. The van der Waals surface area contributed by atoms with E-state index < -0.39 is 9.84 Å². The molecular weight excluding hydrogens is 461 g/mol. The number of aliphatic imine (C=N–C) groups is 1. The zero-order valence-electron chi connectivity index (χ0n) is 15.6. The van der Waals surface area contributed by atoms with Crippen LogP contribution in [0.15, 0.2) is 29.3 Å². The summed E-state index contributed by atoms with van der Waals surface area (Å²) in [7, 11) is -2.84. The van der Waals surface area contributed by atoms with Gasteiger partial charge in [-0.1, -0.05) is 24.3 Å². The van der Waals surface area contributed by atoms with Crippen LogP contribution in [-0.4, -0.2) is 44.5 Å². The van der Waals surface area contributed by atoms with Crippen LogP contribution in [0, 0.1) is 5.92 Å². The number of benzene rings is 1. The van der Waals surface area contributed by atoms with E-state index in [2.05, 4.69) is 48.7 Å². The van der Waals surface area contributed by atoms with Crippen molar-refractivity contribution in [2.24, 2.45) is 10.9 Å². The molecule has 146 valence electrons. The van der Waals surface area contributed by atoms with E-state index in [0.29, 0.717) is 18.3 Å². The first-order valence-corrected chi connectivity index (χ1v) is 11.1. The third-order valence-electron chi connectivity index (χ3n) is 4.95. The number of hydrogen-bond acceptors (Lipinski definition) is 3. The van der Waals surface area contributed by atoms with Crippen molar-refractivity contribution in [3.05, 3.63) is 35.4 Å². The summed E-state index contributed by atoms with van der Waals surface area (Å²) in [5.74, 6) is 1.56. The Balaban J connectivity index is 0.00000243. The van der Waals surface area contributed by atoms with Gasteiger partial charge in [-0.3, -0.25) is 4.99 Å². The standard InChI is InChI=1S/C19H29N3O2S.HI/c1-14(2)21-19(20-12-15-9-10-25(23,24)13-15)22-18-8-7-16-5-3-4-6-17(16)11-18;/h3-6,14-15,18H,7-13H2,1-2H3,(H2,20,21,22);1H. The highest BCUT2D eigenvalue weighted by Gasteiger charge is 2.27. The molecule has 0 amide bonds.